The van der Waals surface area contributed by atoms with E-state index in [1.807, 2.05) is 6.92 Å². The molecule has 0 fully saturated rings. The number of hydrogen-bond acceptors (Lipinski definition) is 3. The molecule has 0 aromatic carbocycles. The molecule has 0 N–H and O–H groups in total. The Morgan fingerprint density at radius 2 is 2.57 bits per heavy atom. The van der Waals surface area contributed by atoms with Crippen molar-refractivity contribution in [2.24, 2.45) is 0 Å². The van der Waals surface area contributed by atoms with E-state index in [0.29, 0.717) is 0 Å². The van der Waals surface area contributed by atoms with Gasteiger partial charge in [-0.05, 0) is 18.5 Å². The molecule has 0 spiro atoms. The normalized spacial score (nSPS) is 29.4. The molecule has 0 saturated heterocycles. The average molecular weight is 116 g/mol. The minimum Gasteiger partial charge on any atom is -0.758 e. The van der Waals surface area contributed by atoms with Gasteiger partial charge in [0.25, 0.3) is 0 Å². The van der Waals surface area contributed by atoms with Crippen molar-refractivity contribution in [3.63, 3.8) is 0 Å². The monoisotopic (exact) mass is 116 g/mol. The minimum atomic E-state index is 0.0972. The third-order valence-electron chi connectivity index (χ3n) is 0.842. The number of nitrogens with zero attached hydrogens (tertiary/aromatic N) is 1. The minimum absolute atomic E-state index is 0.0972. The molecule has 0 bridgehead atoms. The summed E-state index contributed by atoms with van der Waals surface area (Å²) in [7, 11) is 0. The quantitative estimate of drug-likeness (QED) is 0.478. The molecule has 1 unspecified atom stereocenters. The summed E-state index contributed by atoms with van der Waals surface area (Å²) in [5.41, 5.74) is 0. The lowest BCUT2D eigenvalue weighted by atomic mass is 10.7. The fourth-order valence-electron chi connectivity index (χ4n) is 0.390. The summed E-state index contributed by atoms with van der Waals surface area (Å²) in [5.74, 6) is 0. The van der Waals surface area contributed by atoms with Crippen LogP contribution in [0.4, 0.5) is 0 Å². The van der Waals surface area contributed by atoms with Gasteiger partial charge in [-0.3, -0.25) is 0 Å². The second-order valence-corrected chi connectivity index (χ2v) is 2.61. The molecule has 0 aromatic heterocycles. The standard InChI is InChI=1S/C4H6NOS/c1-4-5(6)2-3-7-4/h2-4H,1H3/q-1. The topological polar surface area (TPSA) is 26.3 Å². The molecule has 0 saturated carbocycles. The van der Waals surface area contributed by atoms with Crippen LogP contribution in [0.2, 0.25) is 0 Å². The lowest BCUT2D eigenvalue weighted by molar-refractivity contribution is 0.513. The van der Waals surface area contributed by atoms with E-state index in [0.717, 1.165) is 5.06 Å². The predicted octanol–water partition coefficient (Wildman–Crippen LogP) is 1.35. The molecule has 3 heteroatoms. The fraction of sp³-hybridized carbons (Fsp3) is 0.500. The molecule has 0 aliphatic carbocycles. The Hall–Kier alpha value is -0.150. The predicted molar refractivity (Wildman–Crippen MR) is 31.4 cm³/mol. The average Bonchev–Trinajstić information content (AvgIpc) is 1.91. The van der Waals surface area contributed by atoms with Crippen LogP contribution in [0.3, 0.4) is 0 Å². The van der Waals surface area contributed by atoms with Gasteiger partial charge in [-0.25, -0.2) is 0 Å². The SMILES string of the molecule is CC1SC=CN1[O-]. The first-order chi connectivity index (χ1) is 3.30. The molecule has 0 aromatic rings. The van der Waals surface area contributed by atoms with Crippen molar-refractivity contribution < 1.29 is 0 Å². The Morgan fingerprint density at radius 1 is 1.86 bits per heavy atom. The maximum atomic E-state index is 10.4. The van der Waals surface area contributed by atoms with Gasteiger partial charge in [0.15, 0.2) is 0 Å². The largest absolute Gasteiger partial charge is 0.758 e. The summed E-state index contributed by atoms with van der Waals surface area (Å²) < 4.78 is 0. The highest BCUT2D eigenvalue weighted by Crippen LogP contribution is 2.22. The highest BCUT2D eigenvalue weighted by Gasteiger charge is 2.02. The second kappa shape index (κ2) is 1.76. The molecule has 40 valence electrons. The third kappa shape index (κ3) is 0.894. The molecule has 2 nitrogen and oxygen atoms in total. The molecular weight excluding hydrogens is 110 g/mol. The van der Waals surface area contributed by atoms with Crippen LogP contribution in [0.5, 0.6) is 0 Å². The van der Waals surface area contributed by atoms with Crippen molar-refractivity contribution in [3.05, 3.63) is 16.8 Å². The lowest BCUT2D eigenvalue weighted by Gasteiger charge is -2.26. The van der Waals surface area contributed by atoms with E-state index in [1.54, 1.807) is 5.41 Å². The van der Waals surface area contributed by atoms with Crippen LogP contribution in [-0.4, -0.2) is 10.4 Å². The zero-order valence-electron chi connectivity index (χ0n) is 4.00. The highest BCUT2D eigenvalue weighted by atomic mass is 32.2. The number of rotatable bonds is 0. The van der Waals surface area contributed by atoms with Gasteiger partial charge in [0, 0.05) is 0 Å². The third-order valence-corrected chi connectivity index (χ3v) is 1.72. The van der Waals surface area contributed by atoms with Crippen LogP contribution < -0.4 is 0 Å². The van der Waals surface area contributed by atoms with E-state index in [1.165, 1.54) is 18.0 Å². The summed E-state index contributed by atoms with van der Waals surface area (Å²) in [6, 6.07) is 0. The number of thioether (sulfide) groups is 1. The molecule has 1 aliphatic rings. The smallest absolute Gasteiger partial charge is 0.0653 e. The maximum absolute atomic E-state index is 10.4. The lowest BCUT2D eigenvalue weighted by Crippen LogP contribution is -2.12. The molecule has 1 aliphatic heterocycles. The van der Waals surface area contributed by atoms with Crippen LogP contribution in [0.1, 0.15) is 6.92 Å². The van der Waals surface area contributed by atoms with Gasteiger partial charge in [0.1, 0.15) is 0 Å². The Balaban J connectivity index is 2.45. The molecular formula is C4H6NOS-. The second-order valence-electron chi connectivity index (χ2n) is 1.38. The molecule has 1 atom stereocenters. The Bertz CT molecular complexity index is 93.7. The van der Waals surface area contributed by atoms with Crippen molar-refractivity contribution in [1.29, 1.82) is 0 Å². The van der Waals surface area contributed by atoms with E-state index >= 15 is 0 Å². The summed E-state index contributed by atoms with van der Waals surface area (Å²) in [5, 5.41) is 13.2. The van der Waals surface area contributed by atoms with E-state index < -0.39 is 0 Å². The summed E-state index contributed by atoms with van der Waals surface area (Å²) in [6.45, 7) is 1.87. The number of hydroxylamine groups is 2. The first kappa shape index (κ1) is 5.00. The molecule has 1 rings (SSSR count). The Labute approximate surface area is 46.8 Å². The van der Waals surface area contributed by atoms with Crippen LogP contribution in [-0.2, 0) is 0 Å². The van der Waals surface area contributed by atoms with Gasteiger partial charge < -0.3 is 10.3 Å². The zero-order valence-corrected chi connectivity index (χ0v) is 4.81. The van der Waals surface area contributed by atoms with Crippen molar-refractivity contribution >= 4 is 11.8 Å². The molecule has 0 amide bonds. The van der Waals surface area contributed by atoms with Crippen molar-refractivity contribution in [1.82, 2.24) is 5.06 Å². The van der Waals surface area contributed by atoms with Crippen LogP contribution in [0, 0.1) is 5.21 Å². The molecule has 7 heavy (non-hydrogen) atoms. The first-order valence-electron chi connectivity index (χ1n) is 2.08. The van der Waals surface area contributed by atoms with Gasteiger partial charge in [0.05, 0.1) is 5.37 Å². The Morgan fingerprint density at radius 3 is 2.71 bits per heavy atom. The van der Waals surface area contributed by atoms with Gasteiger partial charge >= 0.3 is 0 Å². The van der Waals surface area contributed by atoms with E-state index in [4.69, 9.17) is 0 Å². The van der Waals surface area contributed by atoms with E-state index in [9.17, 15) is 5.21 Å². The molecule has 0 radical (unpaired) electrons. The highest BCUT2D eigenvalue weighted by molar-refractivity contribution is 8.02. The first-order valence-corrected chi connectivity index (χ1v) is 3.02. The summed E-state index contributed by atoms with van der Waals surface area (Å²) in [6.07, 6.45) is 1.54. The van der Waals surface area contributed by atoms with Gasteiger partial charge in [0.2, 0.25) is 0 Å². The zero-order chi connectivity index (χ0) is 5.28. The van der Waals surface area contributed by atoms with Gasteiger partial charge in [-0.15, -0.1) is 11.8 Å². The van der Waals surface area contributed by atoms with Crippen LogP contribution in [0.25, 0.3) is 0 Å². The maximum Gasteiger partial charge on any atom is 0.0653 e. The van der Waals surface area contributed by atoms with Gasteiger partial charge in [-0.1, -0.05) is 0 Å². The summed E-state index contributed by atoms with van der Waals surface area (Å²) in [4.78, 5) is 0. The van der Waals surface area contributed by atoms with E-state index in [2.05, 4.69) is 0 Å². The van der Waals surface area contributed by atoms with Crippen molar-refractivity contribution in [2.75, 3.05) is 0 Å². The van der Waals surface area contributed by atoms with Crippen molar-refractivity contribution in [2.45, 2.75) is 12.3 Å². The van der Waals surface area contributed by atoms with Crippen molar-refractivity contribution in [3.8, 4) is 0 Å². The van der Waals surface area contributed by atoms with Crippen LogP contribution >= 0.6 is 11.8 Å². The van der Waals surface area contributed by atoms with Crippen LogP contribution in [0.15, 0.2) is 11.6 Å². The van der Waals surface area contributed by atoms with E-state index in [-0.39, 0.29) is 5.37 Å². The summed E-state index contributed by atoms with van der Waals surface area (Å²) >= 11 is 1.54. The van der Waals surface area contributed by atoms with Gasteiger partial charge in [-0.2, -0.15) is 0 Å². The Kier molecular flexibility index (Phi) is 1.25. The fourth-order valence-corrected chi connectivity index (χ4v) is 0.998. The number of hydrogen-bond donors (Lipinski definition) is 0. The molecule has 1 heterocycles.